The first-order valence-electron chi connectivity index (χ1n) is 11.9. The van der Waals surface area contributed by atoms with Gasteiger partial charge >= 0.3 is 0 Å². The molecular formula is C27H26FN5O. The number of carbonyl (C=O) groups excluding carboxylic acids is 1. The number of aromatic nitrogens is 3. The number of fused-ring (bicyclic) bond motifs is 2. The van der Waals surface area contributed by atoms with Crippen LogP contribution >= 0.6 is 0 Å². The van der Waals surface area contributed by atoms with Gasteiger partial charge in [0, 0.05) is 60.3 Å². The molecule has 0 bridgehead atoms. The fourth-order valence-electron chi connectivity index (χ4n) is 5.16. The fourth-order valence-corrected chi connectivity index (χ4v) is 5.16. The summed E-state index contributed by atoms with van der Waals surface area (Å²) in [6.07, 6.45) is 3.11. The largest absolute Gasteiger partial charge is 0.368 e. The van der Waals surface area contributed by atoms with E-state index in [0.29, 0.717) is 0 Å². The molecule has 34 heavy (non-hydrogen) atoms. The normalized spacial score (nSPS) is 15.7. The van der Waals surface area contributed by atoms with Gasteiger partial charge in [-0.3, -0.25) is 4.79 Å². The molecule has 2 aromatic carbocycles. The lowest BCUT2D eigenvalue weighted by Gasteiger charge is -2.38. The summed E-state index contributed by atoms with van der Waals surface area (Å²) in [5, 5.41) is 4.88. The summed E-state index contributed by atoms with van der Waals surface area (Å²) in [6, 6.07) is 16.4. The smallest absolute Gasteiger partial charge is 0.159 e. The monoisotopic (exact) mass is 455 g/mol. The molecule has 0 unspecified atom stereocenters. The highest BCUT2D eigenvalue weighted by Crippen LogP contribution is 2.33. The van der Waals surface area contributed by atoms with Crippen molar-refractivity contribution in [2.24, 2.45) is 0 Å². The lowest BCUT2D eigenvalue weighted by molar-refractivity contribution is 0.101. The molecule has 1 fully saturated rings. The van der Waals surface area contributed by atoms with E-state index in [1.54, 1.807) is 13.0 Å². The van der Waals surface area contributed by atoms with Gasteiger partial charge in [-0.1, -0.05) is 12.1 Å². The second kappa shape index (κ2) is 8.24. The van der Waals surface area contributed by atoms with Gasteiger partial charge in [-0.05, 0) is 62.6 Å². The highest BCUT2D eigenvalue weighted by molar-refractivity contribution is 5.94. The van der Waals surface area contributed by atoms with Crippen LogP contribution in [0.3, 0.4) is 0 Å². The highest BCUT2D eigenvalue weighted by Gasteiger charge is 2.27. The maximum Gasteiger partial charge on any atom is 0.159 e. The number of piperazine rings is 1. The summed E-state index contributed by atoms with van der Waals surface area (Å²) in [4.78, 5) is 21.3. The van der Waals surface area contributed by atoms with Crippen LogP contribution in [0.15, 0.2) is 54.6 Å². The molecular weight excluding hydrogens is 429 g/mol. The van der Waals surface area contributed by atoms with Crippen LogP contribution in [0.2, 0.25) is 0 Å². The van der Waals surface area contributed by atoms with Crippen LogP contribution in [-0.4, -0.2) is 46.6 Å². The van der Waals surface area contributed by atoms with Crippen molar-refractivity contribution >= 4 is 22.9 Å². The third kappa shape index (κ3) is 3.61. The number of aryl methyl sites for hydroxylation is 1. The topological polar surface area (TPSA) is 53.7 Å². The minimum Gasteiger partial charge on any atom is -0.368 e. The molecule has 2 aliphatic rings. The first-order valence-corrected chi connectivity index (χ1v) is 11.9. The first-order chi connectivity index (χ1) is 16.6. The molecule has 1 aliphatic heterocycles. The Morgan fingerprint density at radius 1 is 0.941 bits per heavy atom. The summed E-state index contributed by atoms with van der Waals surface area (Å²) in [7, 11) is 0. The molecule has 7 heteroatoms. The second-order valence-corrected chi connectivity index (χ2v) is 9.10. The molecule has 6 rings (SSSR count). The molecule has 1 aliphatic carbocycles. The van der Waals surface area contributed by atoms with E-state index >= 15 is 0 Å². The maximum atomic E-state index is 13.8. The van der Waals surface area contributed by atoms with Crippen molar-refractivity contribution in [1.82, 2.24) is 14.6 Å². The number of halogens is 1. The van der Waals surface area contributed by atoms with Crippen LogP contribution in [0.5, 0.6) is 0 Å². The van der Waals surface area contributed by atoms with Gasteiger partial charge in [-0.2, -0.15) is 9.61 Å². The Kier molecular flexibility index (Phi) is 5.05. The van der Waals surface area contributed by atoms with Gasteiger partial charge in [0.2, 0.25) is 0 Å². The summed E-state index contributed by atoms with van der Waals surface area (Å²) in [5.74, 6) is 0.952. The number of ketones is 1. The van der Waals surface area contributed by atoms with Crippen molar-refractivity contribution in [2.75, 3.05) is 36.0 Å². The van der Waals surface area contributed by atoms with Crippen molar-refractivity contribution in [3.05, 3.63) is 77.2 Å². The van der Waals surface area contributed by atoms with Gasteiger partial charge in [0.1, 0.15) is 11.6 Å². The summed E-state index contributed by atoms with van der Waals surface area (Å²) in [5.41, 5.74) is 6.65. The molecule has 0 amide bonds. The Hall–Kier alpha value is -3.74. The maximum absolute atomic E-state index is 13.8. The molecule has 0 N–H and O–H groups in total. The number of anilines is 2. The van der Waals surface area contributed by atoms with Crippen molar-refractivity contribution in [3.63, 3.8) is 0 Å². The molecule has 0 saturated carbocycles. The van der Waals surface area contributed by atoms with E-state index in [1.165, 1.54) is 17.7 Å². The molecule has 6 nitrogen and oxygen atoms in total. The third-order valence-corrected chi connectivity index (χ3v) is 6.94. The zero-order valence-corrected chi connectivity index (χ0v) is 19.2. The number of hydrogen-bond donors (Lipinski definition) is 0. The molecule has 1 saturated heterocycles. The average Bonchev–Trinajstić information content (AvgIpc) is 3.49. The molecule has 0 radical (unpaired) electrons. The lowest BCUT2D eigenvalue weighted by Crippen LogP contribution is -2.47. The fraction of sp³-hybridized carbons (Fsp3) is 0.296. The number of benzene rings is 2. The van der Waals surface area contributed by atoms with E-state index < -0.39 is 0 Å². The minimum absolute atomic E-state index is 0.0868. The summed E-state index contributed by atoms with van der Waals surface area (Å²) >= 11 is 0. The molecule has 3 heterocycles. The SMILES string of the molecule is CC(=O)c1ccc(N2CCN(c3c4c(nc5cc(-c6cccc(F)c6)nn35)CCC4)CC2)cc1. The van der Waals surface area contributed by atoms with Gasteiger partial charge in [-0.15, -0.1) is 0 Å². The van der Waals surface area contributed by atoms with E-state index in [9.17, 15) is 9.18 Å². The number of rotatable bonds is 4. The number of carbonyl (C=O) groups is 1. The molecule has 4 aromatic rings. The Labute approximate surface area is 197 Å². The van der Waals surface area contributed by atoms with Gasteiger partial charge in [-0.25, -0.2) is 9.37 Å². The highest BCUT2D eigenvalue weighted by atomic mass is 19.1. The van der Waals surface area contributed by atoms with E-state index in [4.69, 9.17) is 10.1 Å². The van der Waals surface area contributed by atoms with E-state index in [-0.39, 0.29) is 11.6 Å². The summed E-state index contributed by atoms with van der Waals surface area (Å²) in [6.45, 7) is 5.10. The first kappa shape index (κ1) is 20.8. The quantitative estimate of drug-likeness (QED) is 0.423. The number of Topliss-reactive ketones (excluding diaryl/α,β-unsaturated/α-hetero) is 1. The predicted octanol–water partition coefficient (Wildman–Crippen LogP) is 4.55. The number of nitrogens with zero attached hydrogens (tertiary/aromatic N) is 5. The second-order valence-electron chi connectivity index (χ2n) is 9.10. The van der Waals surface area contributed by atoms with Crippen molar-refractivity contribution in [1.29, 1.82) is 0 Å². The molecule has 172 valence electrons. The van der Waals surface area contributed by atoms with E-state index in [2.05, 4.69) is 9.80 Å². The predicted molar refractivity (Wildman–Crippen MR) is 131 cm³/mol. The van der Waals surface area contributed by atoms with E-state index in [1.807, 2.05) is 40.9 Å². The lowest BCUT2D eigenvalue weighted by atomic mass is 10.1. The van der Waals surface area contributed by atoms with Crippen LogP contribution in [0, 0.1) is 5.82 Å². The molecule has 0 atom stereocenters. The number of hydrogen-bond acceptors (Lipinski definition) is 5. The van der Waals surface area contributed by atoms with Crippen LogP contribution in [0.4, 0.5) is 15.9 Å². The van der Waals surface area contributed by atoms with Crippen molar-refractivity contribution < 1.29 is 9.18 Å². The zero-order valence-electron chi connectivity index (χ0n) is 19.2. The van der Waals surface area contributed by atoms with Crippen LogP contribution in [-0.2, 0) is 12.8 Å². The van der Waals surface area contributed by atoms with Crippen molar-refractivity contribution in [3.8, 4) is 11.3 Å². The Morgan fingerprint density at radius 3 is 2.44 bits per heavy atom. The standard InChI is InChI=1S/C27H26FN5O/c1-18(34)19-8-10-22(11-9-19)31-12-14-32(15-13-31)27-23-6-3-7-24(23)29-26-17-25(30-33(26)27)20-4-2-5-21(28)16-20/h2,4-5,8-11,16-17H,3,6-7,12-15H2,1H3. The van der Waals surface area contributed by atoms with Gasteiger partial charge < -0.3 is 9.80 Å². The Morgan fingerprint density at radius 2 is 1.71 bits per heavy atom. The van der Waals surface area contributed by atoms with E-state index in [0.717, 1.165) is 85.1 Å². The van der Waals surface area contributed by atoms with Gasteiger partial charge in [0.25, 0.3) is 0 Å². The summed E-state index contributed by atoms with van der Waals surface area (Å²) < 4.78 is 15.8. The van der Waals surface area contributed by atoms with Crippen LogP contribution in [0.25, 0.3) is 16.9 Å². The average molecular weight is 456 g/mol. The van der Waals surface area contributed by atoms with Crippen molar-refractivity contribution in [2.45, 2.75) is 26.2 Å². The molecule has 2 aromatic heterocycles. The van der Waals surface area contributed by atoms with Gasteiger partial charge in [0.05, 0.1) is 5.69 Å². The molecule has 0 spiro atoms. The third-order valence-electron chi connectivity index (χ3n) is 6.94. The van der Waals surface area contributed by atoms with Crippen LogP contribution < -0.4 is 9.80 Å². The minimum atomic E-state index is -0.266. The van der Waals surface area contributed by atoms with Crippen LogP contribution in [0.1, 0.15) is 35.0 Å². The Bertz CT molecular complexity index is 1390. The van der Waals surface area contributed by atoms with Gasteiger partial charge in [0.15, 0.2) is 11.4 Å². The zero-order chi connectivity index (χ0) is 23.2. The Balaban J connectivity index is 1.32.